The lowest BCUT2D eigenvalue weighted by atomic mass is 9.86. The van der Waals surface area contributed by atoms with Gasteiger partial charge in [0, 0.05) is 11.1 Å². The van der Waals surface area contributed by atoms with Crippen LogP contribution in [-0.2, 0) is 0 Å². The first-order valence-corrected chi connectivity index (χ1v) is 7.14. The fourth-order valence-corrected chi connectivity index (χ4v) is 2.54. The number of Topliss-reactive ketones (excluding diaryl/α,β-unsaturated/α-hetero) is 1. The fourth-order valence-electron chi connectivity index (χ4n) is 2.54. The maximum atomic E-state index is 12.6. The molecule has 0 heterocycles. The molecule has 21 heavy (non-hydrogen) atoms. The summed E-state index contributed by atoms with van der Waals surface area (Å²) in [5, 5.41) is 10.2. The van der Waals surface area contributed by atoms with Crippen LogP contribution in [0.15, 0.2) is 42.5 Å². The van der Waals surface area contributed by atoms with E-state index in [-0.39, 0.29) is 17.5 Å². The van der Waals surface area contributed by atoms with Crippen LogP contribution in [0.3, 0.4) is 0 Å². The Balaban J connectivity index is 2.77. The van der Waals surface area contributed by atoms with Gasteiger partial charge in [0.05, 0.1) is 6.04 Å². The second-order valence-electron chi connectivity index (χ2n) is 5.59. The van der Waals surface area contributed by atoms with Gasteiger partial charge in [0.15, 0.2) is 5.78 Å². The van der Waals surface area contributed by atoms with Crippen molar-refractivity contribution in [2.45, 2.75) is 32.7 Å². The van der Waals surface area contributed by atoms with E-state index in [1.807, 2.05) is 44.2 Å². The van der Waals surface area contributed by atoms with Crippen LogP contribution in [0.5, 0.6) is 5.75 Å². The van der Waals surface area contributed by atoms with Crippen molar-refractivity contribution >= 4 is 5.78 Å². The van der Waals surface area contributed by atoms with E-state index >= 15 is 0 Å². The minimum atomic E-state index is -0.605. The van der Waals surface area contributed by atoms with Crippen molar-refractivity contribution in [3.05, 3.63) is 53.6 Å². The summed E-state index contributed by atoms with van der Waals surface area (Å²) in [6, 6.07) is 12.5. The summed E-state index contributed by atoms with van der Waals surface area (Å²) in [5.74, 6) is 0.0356. The second-order valence-corrected chi connectivity index (χ2v) is 5.59. The molecule has 110 valence electrons. The summed E-state index contributed by atoms with van der Waals surface area (Å²) in [6.07, 6.45) is 0. The number of phenolic OH excluding ortho intramolecular Hbond substituents is 1. The normalized spacial score (nSPS) is 12.4. The van der Waals surface area contributed by atoms with E-state index in [1.54, 1.807) is 19.1 Å². The average molecular weight is 283 g/mol. The molecule has 3 nitrogen and oxygen atoms in total. The van der Waals surface area contributed by atoms with E-state index < -0.39 is 6.04 Å². The summed E-state index contributed by atoms with van der Waals surface area (Å²) in [7, 11) is 0. The Morgan fingerprint density at radius 1 is 1.05 bits per heavy atom. The van der Waals surface area contributed by atoms with E-state index in [4.69, 9.17) is 5.73 Å². The van der Waals surface area contributed by atoms with E-state index in [0.717, 1.165) is 11.1 Å². The Kier molecular flexibility index (Phi) is 4.43. The maximum absolute atomic E-state index is 12.6. The molecule has 0 unspecified atom stereocenters. The van der Waals surface area contributed by atoms with Gasteiger partial charge in [-0.25, -0.2) is 0 Å². The standard InChI is InChI=1S/C18H21NO2/c1-11(2)16-15(20)10-9-14(13-7-5-4-6-8-13)17(16)18(21)12(3)19/h4-12,20H,19H2,1-3H3/t12-/m0/s1. The number of aromatic hydroxyl groups is 1. The minimum absolute atomic E-state index is 0.0337. The zero-order valence-corrected chi connectivity index (χ0v) is 12.6. The van der Waals surface area contributed by atoms with Gasteiger partial charge in [-0.05, 0) is 36.1 Å². The van der Waals surface area contributed by atoms with Crippen LogP contribution >= 0.6 is 0 Å². The molecule has 2 aromatic rings. The number of hydrogen-bond acceptors (Lipinski definition) is 3. The maximum Gasteiger partial charge on any atom is 0.180 e. The van der Waals surface area contributed by atoms with Crippen molar-refractivity contribution < 1.29 is 9.90 Å². The Morgan fingerprint density at radius 2 is 1.67 bits per heavy atom. The lowest BCUT2D eigenvalue weighted by Gasteiger charge is -2.19. The number of phenols is 1. The molecule has 0 amide bonds. The number of ketones is 1. The van der Waals surface area contributed by atoms with Crippen molar-refractivity contribution in [3.8, 4) is 16.9 Å². The predicted molar refractivity (Wildman–Crippen MR) is 85.6 cm³/mol. The summed E-state index contributed by atoms with van der Waals surface area (Å²) >= 11 is 0. The molecular formula is C18H21NO2. The van der Waals surface area contributed by atoms with Gasteiger partial charge < -0.3 is 10.8 Å². The van der Waals surface area contributed by atoms with Crippen LogP contribution in [0, 0.1) is 0 Å². The average Bonchev–Trinajstić information content (AvgIpc) is 2.46. The van der Waals surface area contributed by atoms with Gasteiger partial charge in [0.2, 0.25) is 0 Å². The van der Waals surface area contributed by atoms with Crippen LogP contribution in [0.25, 0.3) is 11.1 Å². The Bertz CT molecular complexity index is 646. The van der Waals surface area contributed by atoms with Crippen molar-refractivity contribution in [2.75, 3.05) is 0 Å². The van der Waals surface area contributed by atoms with Gasteiger partial charge in [-0.1, -0.05) is 44.2 Å². The molecule has 0 saturated heterocycles. The minimum Gasteiger partial charge on any atom is -0.508 e. The molecular weight excluding hydrogens is 262 g/mol. The summed E-state index contributed by atoms with van der Waals surface area (Å²) < 4.78 is 0. The summed E-state index contributed by atoms with van der Waals surface area (Å²) in [5.41, 5.74) is 8.77. The molecule has 0 fully saturated rings. The quantitative estimate of drug-likeness (QED) is 0.841. The monoisotopic (exact) mass is 283 g/mol. The van der Waals surface area contributed by atoms with Crippen molar-refractivity contribution in [1.29, 1.82) is 0 Å². The number of nitrogens with two attached hydrogens (primary N) is 1. The number of rotatable bonds is 4. The van der Waals surface area contributed by atoms with E-state index in [1.165, 1.54) is 0 Å². The highest BCUT2D eigenvalue weighted by Crippen LogP contribution is 2.36. The Morgan fingerprint density at radius 3 is 2.19 bits per heavy atom. The zero-order valence-electron chi connectivity index (χ0n) is 12.6. The summed E-state index contributed by atoms with van der Waals surface area (Å²) in [6.45, 7) is 5.59. The molecule has 0 radical (unpaired) electrons. The van der Waals surface area contributed by atoms with Crippen molar-refractivity contribution in [1.82, 2.24) is 0 Å². The topological polar surface area (TPSA) is 63.3 Å². The highest BCUT2D eigenvalue weighted by atomic mass is 16.3. The van der Waals surface area contributed by atoms with Crippen LogP contribution < -0.4 is 5.73 Å². The first-order valence-electron chi connectivity index (χ1n) is 7.14. The number of carbonyl (C=O) groups is 1. The van der Waals surface area contributed by atoms with E-state index in [9.17, 15) is 9.90 Å². The van der Waals surface area contributed by atoms with Gasteiger partial charge in [0.1, 0.15) is 5.75 Å². The molecule has 0 aliphatic rings. The number of carbonyl (C=O) groups excluding carboxylic acids is 1. The fraction of sp³-hybridized carbons (Fsp3) is 0.278. The molecule has 0 aliphatic carbocycles. The molecule has 1 atom stereocenters. The molecule has 3 heteroatoms. The van der Waals surface area contributed by atoms with Crippen LogP contribution in [-0.4, -0.2) is 16.9 Å². The van der Waals surface area contributed by atoms with Gasteiger partial charge in [-0.2, -0.15) is 0 Å². The van der Waals surface area contributed by atoms with Crippen molar-refractivity contribution in [3.63, 3.8) is 0 Å². The van der Waals surface area contributed by atoms with Crippen LogP contribution in [0.2, 0.25) is 0 Å². The largest absolute Gasteiger partial charge is 0.508 e. The van der Waals surface area contributed by atoms with Crippen LogP contribution in [0.1, 0.15) is 42.6 Å². The number of benzene rings is 2. The molecule has 0 aliphatic heterocycles. The molecule has 0 spiro atoms. The third-order valence-electron chi connectivity index (χ3n) is 3.54. The SMILES string of the molecule is CC(C)c1c(O)ccc(-c2ccccc2)c1C(=O)[C@H](C)N. The first kappa shape index (κ1) is 15.3. The lowest BCUT2D eigenvalue weighted by molar-refractivity contribution is 0.0967. The van der Waals surface area contributed by atoms with Crippen LogP contribution in [0.4, 0.5) is 0 Å². The van der Waals surface area contributed by atoms with Crippen molar-refractivity contribution in [2.24, 2.45) is 5.73 Å². The molecule has 3 N–H and O–H groups in total. The van der Waals surface area contributed by atoms with E-state index in [2.05, 4.69) is 0 Å². The number of hydrogen-bond donors (Lipinski definition) is 2. The first-order chi connectivity index (χ1) is 9.93. The zero-order chi connectivity index (χ0) is 15.6. The highest BCUT2D eigenvalue weighted by Gasteiger charge is 2.24. The predicted octanol–water partition coefficient (Wildman–Crippen LogP) is 3.71. The molecule has 0 aromatic heterocycles. The van der Waals surface area contributed by atoms with Gasteiger partial charge in [-0.3, -0.25) is 4.79 Å². The molecule has 0 saturated carbocycles. The highest BCUT2D eigenvalue weighted by molar-refractivity contribution is 6.07. The second kappa shape index (κ2) is 6.10. The lowest BCUT2D eigenvalue weighted by Crippen LogP contribution is -2.28. The molecule has 2 rings (SSSR count). The van der Waals surface area contributed by atoms with E-state index in [0.29, 0.717) is 11.1 Å². The van der Waals surface area contributed by atoms with Gasteiger partial charge in [0.25, 0.3) is 0 Å². The smallest absolute Gasteiger partial charge is 0.180 e. The third kappa shape index (κ3) is 2.98. The Labute approximate surface area is 125 Å². The molecule has 0 bridgehead atoms. The summed E-state index contributed by atoms with van der Waals surface area (Å²) in [4.78, 5) is 12.6. The van der Waals surface area contributed by atoms with Gasteiger partial charge in [-0.15, -0.1) is 0 Å². The van der Waals surface area contributed by atoms with Gasteiger partial charge >= 0.3 is 0 Å². The molecule has 2 aromatic carbocycles. The third-order valence-corrected chi connectivity index (χ3v) is 3.54. The Hall–Kier alpha value is -2.13.